The zero-order valence-corrected chi connectivity index (χ0v) is 5.85. The molecule has 0 amide bonds. The highest BCUT2D eigenvalue weighted by molar-refractivity contribution is 7.15. The van der Waals surface area contributed by atoms with Gasteiger partial charge in [-0.25, -0.2) is 4.52 Å². The molecule has 0 fully saturated rings. The Kier molecular flexibility index (Phi) is 0.873. The van der Waals surface area contributed by atoms with Crippen LogP contribution in [0.2, 0.25) is 0 Å². The molecule has 2 aromatic heterocycles. The van der Waals surface area contributed by atoms with Gasteiger partial charge >= 0.3 is 0 Å². The summed E-state index contributed by atoms with van der Waals surface area (Å²) in [6.45, 7) is 2.07. The fourth-order valence-electron chi connectivity index (χ4n) is 0.843. The first-order chi connectivity index (χ1) is 4.38. The Bertz CT molecular complexity index is 320. The van der Waals surface area contributed by atoms with Gasteiger partial charge in [0.25, 0.3) is 0 Å². The molecule has 2 rings (SSSR count). The Balaban J connectivity index is 2.99. The predicted molar refractivity (Wildman–Crippen MR) is 37.8 cm³/mol. The lowest BCUT2D eigenvalue weighted by atomic mass is 10.4. The maximum Gasteiger partial charge on any atom is 0.122 e. The first-order valence-corrected chi connectivity index (χ1v) is 3.63. The fourth-order valence-corrected chi connectivity index (χ4v) is 1.60. The Hall–Kier alpha value is -0.830. The third-order valence-electron chi connectivity index (χ3n) is 1.30. The van der Waals surface area contributed by atoms with Crippen LogP contribution in [0, 0.1) is 6.92 Å². The van der Waals surface area contributed by atoms with Gasteiger partial charge in [0.2, 0.25) is 0 Å². The van der Waals surface area contributed by atoms with Gasteiger partial charge in [0.05, 0.1) is 6.20 Å². The van der Waals surface area contributed by atoms with Crippen LogP contribution in [0.1, 0.15) is 5.56 Å². The van der Waals surface area contributed by atoms with Crippen molar-refractivity contribution in [2.75, 3.05) is 0 Å². The number of aryl methyl sites for hydroxylation is 1. The molecule has 0 spiro atoms. The maximum atomic E-state index is 4.11. The Morgan fingerprint density at radius 1 is 1.67 bits per heavy atom. The SMILES string of the molecule is Cc1cnn2ccsc12. The summed E-state index contributed by atoms with van der Waals surface area (Å²) in [5, 5.41) is 6.14. The van der Waals surface area contributed by atoms with E-state index in [0.29, 0.717) is 0 Å². The van der Waals surface area contributed by atoms with E-state index in [1.807, 2.05) is 22.3 Å². The number of aromatic nitrogens is 2. The molecule has 0 saturated carbocycles. The number of rotatable bonds is 0. The van der Waals surface area contributed by atoms with Crippen LogP contribution in [0.15, 0.2) is 17.8 Å². The standard InChI is InChI=1S/C6H6N2S/c1-5-4-7-8-2-3-9-6(5)8/h2-4H,1H3. The molecule has 0 unspecified atom stereocenters. The fraction of sp³-hybridized carbons (Fsp3) is 0.167. The van der Waals surface area contributed by atoms with Crippen molar-refractivity contribution in [3.05, 3.63) is 23.3 Å². The Morgan fingerprint density at radius 2 is 2.56 bits per heavy atom. The number of hydrogen-bond donors (Lipinski definition) is 0. The van der Waals surface area contributed by atoms with Crippen molar-refractivity contribution in [3.63, 3.8) is 0 Å². The molecule has 0 radical (unpaired) electrons. The first-order valence-electron chi connectivity index (χ1n) is 2.75. The normalized spacial score (nSPS) is 10.8. The second kappa shape index (κ2) is 1.57. The molecule has 0 atom stereocenters. The molecule has 9 heavy (non-hydrogen) atoms. The number of thiazole rings is 1. The molecular formula is C6H6N2S. The molecule has 3 heteroatoms. The van der Waals surface area contributed by atoms with Crippen LogP contribution in [0.3, 0.4) is 0 Å². The van der Waals surface area contributed by atoms with Gasteiger partial charge in [0.1, 0.15) is 4.83 Å². The van der Waals surface area contributed by atoms with E-state index in [1.54, 1.807) is 11.3 Å². The molecule has 0 aromatic carbocycles. The average molecular weight is 138 g/mol. The van der Waals surface area contributed by atoms with Crippen molar-refractivity contribution in [1.29, 1.82) is 0 Å². The molecule has 0 bridgehead atoms. The lowest BCUT2D eigenvalue weighted by molar-refractivity contribution is 0.977. The van der Waals surface area contributed by atoms with Crippen LogP contribution in [0.4, 0.5) is 0 Å². The van der Waals surface area contributed by atoms with E-state index in [1.165, 1.54) is 10.4 Å². The second-order valence-corrected chi connectivity index (χ2v) is 2.87. The minimum Gasteiger partial charge on any atom is -0.230 e. The molecule has 0 aliphatic heterocycles. The summed E-state index contributed by atoms with van der Waals surface area (Å²) in [4.78, 5) is 1.25. The number of nitrogens with zero attached hydrogens (tertiary/aromatic N) is 2. The van der Waals surface area contributed by atoms with Gasteiger partial charge in [0, 0.05) is 17.1 Å². The minimum atomic E-state index is 1.25. The summed E-state index contributed by atoms with van der Waals surface area (Å²) in [6, 6.07) is 0. The van der Waals surface area contributed by atoms with Crippen molar-refractivity contribution in [1.82, 2.24) is 9.61 Å². The Labute approximate surface area is 56.7 Å². The van der Waals surface area contributed by atoms with Gasteiger partial charge in [0.15, 0.2) is 0 Å². The summed E-state index contributed by atoms with van der Waals surface area (Å²) >= 11 is 1.72. The highest BCUT2D eigenvalue weighted by atomic mass is 32.1. The van der Waals surface area contributed by atoms with E-state index < -0.39 is 0 Å². The van der Waals surface area contributed by atoms with E-state index in [2.05, 4.69) is 12.0 Å². The maximum absolute atomic E-state index is 4.11. The molecule has 2 aromatic rings. The van der Waals surface area contributed by atoms with Crippen molar-refractivity contribution in [2.45, 2.75) is 6.92 Å². The third kappa shape index (κ3) is 0.580. The zero-order chi connectivity index (χ0) is 6.27. The van der Waals surface area contributed by atoms with Gasteiger partial charge in [-0.05, 0) is 6.92 Å². The van der Waals surface area contributed by atoms with E-state index in [0.717, 1.165) is 0 Å². The van der Waals surface area contributed by atoms with E-state index in [9.17, 15) is 0 Å². The number of fused-ring (bicyclic) bond motifs is 1. The summed E-state index contributed by atoms with van der Waals surface area (Å²) in [5.74, 6) is 0. The quantitative estimate of drug-likeness (QED) is 0.541. The molecule has 2 heterocycles. The molecule has 0 aliphatic carbocycles. The highest BCUT2D eigenvalue weighted by Gasteiger charge is 1.96. The summed E-state index contributed by atoms with van der Waals surface area (Å²) < 4.78 is 1.89. The topological polar surface area (TPSA) is 17.3 Å². The van der Waals surface area contributed by atoms with Crippen molar-refractivity contribution < 1.29 is 0 Å². The van der Waals surface area contributed by atoms with Crippen molar-refractivity contribution in [3.8, 4) is 0 Å². The predicted octanol–water partition coefficient (Wildman–Crippen LogP) is 1.70. The minimum absolute atomic E-state index is 1.25. The molecule has 0 N–H and O–H groups in total. The van der Waals surface area contributed by atoms with Crippen LogP contribution in [0.25, 0.3) is 4.83 Å². The first kappa shape index (κ1) is 4.99. The third-order valence-corrected chi connectivity index (χ3v) is 2.29. The van der Waals surface area contributed by atoms with E-state index in [4.69, 9.17) is 0 Å². The zero-order valence-electron chi connectivity index (χ0n) is 5.03. The van der Waals surface area contributed by atoms with E-state index >= 15 is 0 Å². The molecule has 2 nitrogen and oxygen atoms in total. The highest BCUT2D eigenvalue weighted by Crippen LogP contribution is 2.14. The average Bonchev–Trinajstić information content (AvgIpc) is 2.35. The van der Waals surface area contributed by atoms with Gasteiger partial charge in [-0.1, -0.05) is 0 Å². The van der Waals surface area contributed by atoms with E-state index in [-0.39, 0.29) is 0 Å². The number of hydrogen-bond acceptors (Lipinski definition) is 2. The van der Waals surface area contributed by atoms with Crippen molar-refractivity contribution in [2.24, 2.45) is 0 Å². The van der Waals surface area contributed by atoms with Gasteiger partial charge in [-0.15, -0.1) is 11.3 Å². The summed E-state index contributed by atoms with van der Waals surface area (Å²) in [5.41, 5.74) is 1.25. The largest absolute Gasteiger partial charge is 0.230 e. The van der Waals surface area contributed by atoms with Crippen LogP contribution in [-0.4, -0.2) is 9.61 Å². The van der Waals surface area contributed by atoms with Crippen LogP contribution in [0.5, 0.6) is 0 Å². The Morgan fingerprint density at radius 3 is 3.33 bits per heavy atom. The summed E-state index contributed by atoms with van der Waals surface area (Å²) in [6.07, 6.45) is 3.85. The van der Waals surface area contributed by atoms with Gasteiger partial charge in [-0.2, -0.15) is 5.10 Å². The van der Waals surface area contributed by atoms with Gasteiger partial charge in [-0.3, -0.25) is 0 Å². The lowest BCUT2D eigenvalue weighted by Crippen LogP contribution is -1.74. The molecular weight excluding hydrogens is 132 g/mol. The lowest BCUT2D eigenvalue weighted by Gasteiger charge is -1.76. The molecule has 0 saturated heterocycles. The monoisotopic (exact) mass is 138 g/mol. The van der Waals surface area contributed by atoms with Crippen LogP contribution >= 0.6 is 11.3 Å². The van der Waals surface area contributed by atoms with Crippen LogP contribution < -0.4 is 0 Å². The van der Waals surface area contributed by atoms with Crippen molar-refractivity contribution >= 4 is 16.2 Å². The van der Waals surface area contributed by atoms with Crippen LogP contribution in [-0.2, 0) is 0 Å². The van der Waals surface area contributed by atoms with Gasteiger partial charge < -0.3 is 0 Å². The molecule has 46 valence electrons. The molecule has 0 aliphatic rings. The summed E-state index contributed by atoms with van der Waals surface area (Å²) in [7, 11) is 0. The second-order valence-electron chi connectivity index (χ2n) is 1.98. The smallest absolute Gasteiger partial charge is 0.122 e.